The van der Waals surface area contributed by atoms with E-state index in [9.17, 15) is 9.59 Å². The second-order valence-corrected chi connectivity index (χ2v) is 7.72. The number of hydrogen-bond donors (Lipinski definition) is 1. The molecular formula is C18H30N2O2. The summed E-state index contributed by atoms with van der Waals surface area (Å²) in [7, 11) is 0. The summed E-state index contributed by atoms with van der Waals surface area (Å²) in [6.45, 7) is 4.55. The number of piperidine rings is 1. The van der Waals surface area contributed by atoms with Gasteiger partial charge in [0.2, 0.25) is 11.8 Å². The minimum Gasteiger partial charge on any atom is -0.355 e. The average Bonchev–Trinajstić information content (AvgIpc) is 3.33. The Morgan fingerprint density at radius 3 is 2.50 bits per heavy atom. The van der Waals surface area contributed by atoms with Crippen LogP contribution in [0, 0.1) is 17.3 Å². The third kappa shape index (κ3) is 3.47. The summed E-state index contributed by atoms with van der Waals surface area (Å²) in [5.41, 5.74) is 0.378. The van der Waals surface area contributed by atoms with Crippen molar-refractivity contribution in [1.82, 2.24) is 10.2 Å². The Morgan fingerprint density at radius 2 is 1.91 bits per heavy atom. The minimum absolute atomic E-state index is 0.00945. The average molecular weight is 306 g/mol. The lowest BCUT2D eigenvalue weighted by atomic mass is 9.66. The fraction of sp³-hybridized carbons (Fsp3) is 0.889. The first-order chi connectivity index (χ1) is 10.6. The van der Waals surface area contributed by atoms with Gasteiger partial charge < -0.3 is 10.2 Å². The fourth-order valence-electron chi connectivity index (χ4n) is 4.12. The van der Waals surface area contributed by atoms with E-state index in [1.807, 2.05) is 4.90 Å². The normalized spacial score (nSPS) is 27.1. The van der Waals surface area contributed by atoms with E-state index in [2.05, 4.69) is 12.2 Å². The van der Waals surface area contributed by atoms with Gasteiger partial charge in [-0.2, -0.15) is 0 Å². The van der Waals surface area contributed by atoms with Gasteiger partial charge in [0.25, 0.3) is 0 Å². The van der Waals surface area contributed by atoms with Crippen LogP contribution in [0.4, 0.5) is 0 Å². The van der Waals surface area contributed by atoms with E-state index in [1.54, 1.807) is 0 Å². The summed E-state index contributed by atoms with van der Waals surface area (Å²) >= 11 is 0. The van der Waals surface area contributed by atoms with Gasteiger partial charge in [-0.15, -0.1) is 0 Å². The van der Waals surface area contributed by atoms with Gasteiger partial charge in [0.1, 0.15) is 0 Å². The molecule has 22 heavy (non-hydrogen) atoms. The van der Waals surface area contributed by atoms with Crippen molar-refractivity contribution < 1.29 is 9.59 Å². The van der Waals surface area contributed by atoms with Crippen LogP contribution < -0.4 is 5.32 Å². The second kappa shape index (κ2) is 6.59. The van der Waals surface area contributed by atoms with Gasteiger partial charge in [0.15, 0.2) is 0 Å². The standard InChI is InChI=1S/C18H30N2O2/c1-2-8-18(9-4-10-18)13-19-16(21)15-5-3-11-20(12-15)17(22)14-6-7-14/h14-15H,2-13H2,1H3,(H,19,21)/t15-/m0/s1. The van der Waals surface area contributed by atoms with Crippen LogP contribution in [0.25, 0.3) is 0 Å². The summed E-state index contributed by atoms with van der Waals surface area (Å²) in [5.74, 6) is 0.745. The lowest BCUT2D eigenvalue weighted by Gasteiger charge is -2.42. The van der Waals surface area contributed by atoms with Crippen LogP contribution in [-0.2, 0) is 9.59 Å². The molecule has 4 heteroatoms. The molecule has 3 aliphatic rings. The largest absolute Gasteiger partial charge is 0.355 e. The number of carbonyl (C=O) groups excluding carboxylic acids is 2. The van der Waals surface area contributed by atoms with Crippen LogP contribution in [0.15, 0.2) is 0 Å². The number of rotatable bonds is 6. The molecule has 1 N–H and O–H groups in total. The Morgan fingerprint density at radius 1 is 1.14 bits per heavy atom. The van der Waals surface area contributed by atoms with Crippen molar-refractivity contribution in [3.05, 3.63) is 0 Å². The van der Waals surface area contributed by atoms with E-state index in [4.69, 9.17) is 0 Å². The van der Waals surface area contributed by atoms with Crippen molar-refractivity contribution in [2.75, 3.05) is 19.6 Å². The van der Waals surface area contributed by atoms with Crippen LogP contribution in [0.3, 0.4) is 0 Å². The highest BCUT2D eigenvalue weighted by atomic mass is 16.2. The van der Waals surface area contributed by atoms with Crippen LogP contribution in [0.2, 0.25) is 0 Å². The molecule has 1 aliphatic heterocycles. The summed E-state index contributed by atoms with van der Waals surface area (Å²) in [6, 6.07) is 0. The van der Waals surface area contributed by atoms with E-state index in [-0.39, 0.29) is 17.7 Å². The second-order valence-electron chi connectivity index (χ2n) is 7.72. The molecule has 0 spiro atoms. The minimum atomic E-state index is 0.00945. The predicted octanol–water partition coefficient (Wildman–Crippen LogP) is 2.72. The van der Waals surface area contributed by atoms with Gasteiger partial charge in [-0.1, -0.05) is 19.8 Å². The summed E-state index contributed by atoms with van der Waals surface area (Å²) in [4.78, 5) is 26.6. The topological polar surface area (TPSA) is 49.4 Å². The zero-order valence-corrected chi connectivity index (χ0v) is 13.9. The Labute approximate surface area is 134 Å². The van der Waals surface area contributed by atoms with Gasteiger partial charge in [-0.3, -0.25) is 9.59 Å². The Hall–Kier alpha value is -1.06. The van der Waals surface area contributed by atoms with Crippen molar-refractivity contribution >= 4 is 11.8 Å². The van der Waals surface area contributed by atoms with E-state index in [0.29, 0.717) is 17.9 Å². The maximum Gasteiger partial charge on any atom is 0.225 e. The molecular weight excluding hydrogens is 276 g/mol. The molecule has 2 saturated carbocycles. The zero-order chi connectivity index (χ0) is 15.6. The molecule has 1 saturated heterocycles. The molecule has 0 unspecified atom stereocenters. The van der Waals surface area contributed by atoms with Crippen molar-refractivity contribution in [1.29, 1.82) is 0 Å². The first kappa shape index (κ1) is 15.8. The van der Waals surface area contributed by atoms with Gasteiger partial charge in [0, 0.05) is 25.6 Å². The van der Waals surface area contributed by atoms with E-state index in [1.165, 1.54) is 32.1 Å². The molecule has 0 aromatic carbocycles. The quantitative estimate of drug-likeness (QED) is 0.820. The van der Waals surface area contributed by atoms with E-state index in [0.717, 1.165) is 38.8 Å². The third-order valence-electron chi connectivity index (χ3n) is 5.86. The Kier molecular flexibility index (Phi) is 4.74. The lowest BCUT2D eigenvalue weighted by molar-refractivity contribution is -0.137. The summed E-state index contributed by atoms with van der Waals surface area (Å²) < 4.78 is 0. The van der Waals surface area contributed by atoms with Gasteiger partial charge in [0.05, 0.1) is 5.92 Å². The van der Waals surface area contributed by atoms with Crippen LogP contribution >= 0.6 is 0 Å². The molecule has 0 aromatic rings. The van der Waals surface area contributed by atoms with Crippen LogP contribution in [0.5, 0.6) is 0 Å². The highest BCUT2D eigenvalue weighted by Gasteiger charge is 2.39. The number of nitrogens with one attached hydrogen (secondary N) is 1. The number of likely N-dealkylation sites (tertiary alicyclic amines) is 1. The summed E-state index contributed by atoms with van der Waals surface area (Å²) in [5, 5.41) is 3.21. The zero-order valence-electron chi connectivity index (χ0n) is 13.9. The number of nitrogens with zero attached hydrogens (tertiary/aromatic N) is 1. The molecule has 3 rings (SSSR count). The molecule has 124 valence electrons. The maximum absolute atomic E-state index is 12.5. The molecule has 2 aliphatic carbocycles. The van der Waals surface area contributed by atoms with Crippen molar-refractivity contribution in [2.45, 2.75) is 64.7 Å². The molecule has 2 amide bonds. The van der Waals surface area contributed by atoms with Crippen molar-refractivity contribution in [2.24, 2.45) is 17.3 Å². The number of amides is 2. The van der Waals surface area contributed by atoms with Crippen molar-refractivity contribution in [3.8, 4) is 0 Å². The smallest absolute Gasteiger partial charge is 0.225 e. The molecule has 4 nitrogen and oxygen atoms in total. The highest BCUT2D eigenvalue weighted by Crippen LogP contribution is 2.44. The molecule has 1 heterocycles. The lowest BCUT2D eigenvalue weighted by Crippen LogP contribution is -2.49. The number of carbonyl (C=O) groups is 2. The number of hydrogen-bond acceptors (Lipinski definition) is 2. The van der Waals surface area contributed by atoms with Crippen molar-refractivity contribution in [3.63, 3.8) is 0 Å². The summed E-state index contributed by atoms with van der Waals surface area (Å²) in [6.07, 6.45) is 10.3. The van der Waals surface area contributed by atoms with Gasteiger partial charge in [-0.05, 0) is 50.4 Å². The van der Waals surface area contributed by atoms with E-state index < -0.39 is 0 Å². The Bertz CT molecular complexity index is 427. The van der Waals surface area contributed by atoms with Gasteiger partial charge >= 0.3 is 0 Å². The third-order valence-corrected chi connectivity index (χ3v) is 5.86. The Balaban J connectivity index is 1.48. The van der Waals surface area contributed by atoms with Crippen LogP contribution in [-0.4, -0.2) is 36.3 Å². The first-order valence-corrected chi connectivity index (χ1v) is 9.20. The van der Waals surface area contributed by atoms with Crippen LogP contribution in [0.1, 0.15) is 64.7 Å². The fourth-order valence-corrected chi connectivity index (χ4v) is 4.12. The predicted molar refractivity (Wildman–Crippen MR) is 86.2 cm³/mol. The first-order valence-electron chi connectivity index (χ1n) is 9.20. The SMILES string of the molecule is CCCC1(CNC(=O)[C@H]2CCCN(C(=O)C3CC3)C2)CCC1. The molecule has 0 bridgehead atoms. The highest BCUT2D eigenvalue weighted by molar-refractivity contribution is 5.83. The van der Waals surface area contributed by atoms with Gasteiger partial charge in [-0.25, -0.2) is 0 Å². The molecule has 0 aromatic heterocycles. The molecule has 1 atom stereocenters. The molecule has 3 fully saturated rings. The maximum atomic E-state index is 12.5. The molecule has 0 radical (unpaired) electrons. The van der Waals surface area contributed by atoms with E-state index >= 15 is 0 Å². The monoisotopic (exact) mass is 306 g/mol.